The molecule has 2 N–H and O–H groups in total. The van der Waals surface area contributed by atoms with Crippen LogP contribution in [0.5, 0.6) is 0 Å². The molecule has 1 aliphatic heterocycles. The van der Waals surface area contributed by atoms with Gasteiger partial charge in [-0.15, -0.1) is 11.3 Å². The third kappa shape index (κ3) is 5.94. The fourth-order valence-corrected chi connectivity index (χ4v) is 3.88. The van der Waals surface area contributed by atoms with Gasteiger partial charge in [0.2, 0.25) is 0 Å². The zero-order chi connectivity index (χ0) is 18.9. The maximum absolute atomic E-state index is 4.66. The van der Waals surface area contributed by atoms with E-state index in [1.54, 1.807) is 18.4 Å². The summed E-state index contributed by atoms with van der Waals surface area (Å²) in [5.74, 6) is 1.90. The van der Waals surface area contributed by atoms with Crippen molar-refractivity contribution in [2.75, 3.05) is 51.2 Å². The number of likely N-dealkylation sites (N-methyl/N-ethyl adjacent to an activating group) is 1. The molecule has 1 aliphatic rings. The van der Waals surface area contributed by atoms with Crippen LogP contribution in [-0.2, 0) is 13.0 Å². The lowest BCUT2D eigenvalue weighted by Gasteiger charge is -2.34. The smallest absolute Gasteiger partial charge is 0.191 e. The lowest BCUT2D eigenvalue weighted by molar-refractivity contribution is 0.270. The number of hydrogen-bond acceptors (Lipinski definition) is 5. The summed E-state index contributed by atoms with van der Waals surface area (Å²) < 4.78 is 0. The van der Waals surface area contributed by atoms with E-state index in [1.165, 1.54) is 4.88 Å². The summed E-state index contributed by atoms with van der Waals surface area (Å²) in [6.45, 7) is 9.30. The van der Waals surface area contributed by atoms with Gasteiger partial charge >= 0.3 is 0 Å². The number of guanidine groups is 1. The van der Waals surface area contributed by atoms with E-state index in [0.717, 1.165) is 69.6 Å². The van der Waals surface area contributed by atoms with Crippen molar-refractivity contribution >= 4 is 23.1 Å². The Kier molecular flexibility index (Phi) is 7.47. The van der Waals surface area contributed by atoms with Crippen molar-refractivity contribution < 1.29 is 0 Å². The summed E-state index contributed by atoms with van der Waals surface area (Å²) in [5.41, 5.74) is 1.16. The van der Waals surface area contributed by atoms with Gasteiger partial charge in [0.15, 0.2) is 5.96 Å². The van der Waals surface area contributed by atoms with E-state index >= 15 is 0 Å². The van der Waals surface area contributed by atoms with Gasteiger partial charge in [0.25, 0.3) is 0 Å². The van der Waals surface area contributed by atoms with Crippen LogP contribution in [0.2, 0.25) is 0 Å². The van der Waals surface area contributed by atoms with Crippen LogP contribution in [0.3, 0.4) is 0 Å². The van der Waals surface area contributed by atoms with Crippen LogP contribution in [0.25, 0.3) is 0 Å². The highest BCUT2D eigenvalue weighted by Gasteiger charge is 2.16. The van der Waals surface area contributed by atoms with E-state index in [1.807, 2.05) is 6.20 Å². The highest BCUT2D eigenvalue weighted by atomic mass is 32.1. The Hall–Kier alpha value is -2.12. The van der Waals surface area contributed by atoms with Crippen molar-refractivity contribution in [3.05, 3.63) is 46.3 Å². The zero-order valence-electron chi connectivity index (χ0n) is 16.3. The Morgan fingerprint density at radius 1 is 1.19 bits per heavy atom. The molecule has 2 aromatic rings. The number of aliphatic imine (C=N–C) groups is 1. The molecule has 0 amide bonds. The van der Waals surface area contributed by atoms with Gasteiger partial charge in [-0.25, -0.2) is 4.98 Å². The second-order valence-electron chi connectivity index (χ2n) is 6.63. The molecular weight excluding hydrogens is 356 g/mol. The number of nitrogens with one attached hydrogen (secondary N) is 2. The van der Waals surface area contributed by atoms with Gasteiger partial charge in [0.05, 0.1) is 0 Å². The molecule has 0 saturated carbocycles. The number of pyridine rings is 1. The number of piperazine rings is 1. The van der Waals surface area contributed by atoms with Gasteiger partial charge in [0.1, 0.15) is 5.82 Å². The third-order valence-corrected chi connectivity index (χ3v) is 5.82. The van der Waals surface area contributed by atoms with Crippen molar-refractivity contribution in [3.63, 3.8) is 0 Å². The average molecular weight is 387 g/mol. The molecule has 2 aromatic heterocycles. The largest absolute Gasteiger partial charge is 0.356 e. The molecule has 0 unspecified atom stereocenters. The van der Waals surface area contributed by atoms with E-state index in [4.69, 9.17) is 0 Å². The summed E-state index contributed by atoms with van der Waals surface area (Å²) >= 11 is 1.79. The Morgan fingerprint density at radius 2 is 2.04 bits per heavy atom. The molecule has 1 saturated heterocycles. The minimum absolute atomic E-state index is 0.718. The molecule has 3 rings (SSSR count). The van der Waals surface area contributed by atoms with E-state index in [0.29, 0.717) is 0 Å². The second-order valence-corrected chi connectivity index (χ2v) is 7.66. The summed E-state index contributed by atoms with van der Waals surface area (Å²) in [4.78, 5) is 15.2. The minimum atomic E-state index is 0.718. The molecule has 1 fully saturated rings. The van der Waals surface area contributed by atoms with Crippen LogP contribution in [0.1, 0.15) is 17.4 Å². The van der Waals surface area contributed by atoms with Crippen LogP contribution < -0.4 is 15.5 Å². The molecule has 0 bridgehead atoms. The van der Waals surface area contributed by atoms with Crippen LogP contribution in [-0.4, -0.2) is 62.2 Å². The molecule has 0 spiro atoms. The number of aromatic nitrogens is 1. The lowest BCUT2D eigenvalue weighted by Crippen LogP contribution is -2.46. The molecular formula is C20H30N6S. The molecule has 0 aliphatic carbocycles. The van der Waals surface area contributed by atoms with Crippen LogP contribution in [0.15, 0.2) is 40.8 Å². The first-order valence-electron chi connectivity index (χ1n) is 9.67. The quantitative estimate of drug-likeness (QED) is 0.564. The standard InChI is InChI=1S/C20H30N6S/c1-3-25-10-12-26(13-11-25)19-7-6-17(15-23-19)16-24-20(21-2)22-9-8-18-5-4-14-27-18/h4-7,14-15H,3,8-13,16H2,1-2H3,(H2,21,22,24). The Bertz CT molecular complexity index is 690. The third-order valence-electron chi connectivity index (χ3n) is 4.88. The van der Waals surface area contributed by atoms with E-state index in [2.05, 4.69) is 67.0 Å². The topological polar surface area (TPSA) is 55.8 Å². The van der Waals surface area contributed by atoms with Gasteiger partial charge < -0.3 is 20.4 Å². The number of rotatable bonds is 7. The molecule has 0 radical (unpaired) electrons. The van der Waals surface area contributed by atoms with E-state index < -0.39 is 0 Å². The maximum atomic E-state index is 4.66. The van der Waals surface area contributed by atoms with Gasteiger partial charge in [-0.1, -0.05) is 19.1 Å². The molecule has 0 aromatic carbocycles. The number of hydrogen-bond donors (Lipinski definition) is 2. The van der Waals surface area contributed by atoms with Gasteiger partial charge in [-0.2, -0.15) is 0 Å². The molecule has 146 valence electrons. The monoisotopic (exact) mass is 386 g/mol. The first-order valence-corrected chi connectivity index (χ1v) is 10.6. The normalized spacial score (nSPS) is 15.8. The lowest BCUT2D eigenvalue weighted by atomic mass is 10.2. The van der Waals surface area contributed by atoms with E-state index in [9.17, 15) is 0 Å². The summed E-state index contributed by atoms with van der Waals surface area (Å²) in [7, 11) is 1.80. The fourth-order valence-electron chi connectivity index (χ4n) is 3.17. The van der Waals surface area contributed by atoms with Crippen molar-refractivity contribution in [3.8, 4) is 0 Å². The van der Waals surface area contributed by atoms with Gasteiger partial charge in [-0.3, -0.25) is 4.99 Å². The maximum Gasteiger partial charge on any atom is 0.191 e. The molecule has 3 heterocycles. The van der Waals surface area contributed by atoms with Gasteiger partial charge in [0, 0.05) is 57.4 Å². The Labute approximate surface area is 166 Å². The summed E-state index contributed by atoms with van der Waals surface area (Å²) in [6, 6.07) is 8.54. The summed E-state index contributed by atoms with van der Waals surface area (Å²) in [6.07, 6.45) is 2.98. The van der Waals surface area contributed by atoms with Crippen molar-refractivity contribution in [1.29, 1.82) is 0 Å². The molecule has 6 nitrogen and oxygen atoms in total. The highest BCUT2D eigenvalue weighted by molar-refractivity contribution is 7.09. The van der Waals surface area contributed by atoms with Crippen molar-refractivity contribution in [1.82, 2.24) is 20.5 Å². The molecule has 0 atom stereocenters. The Morgan fingerprint density at radius 3 is 2.67 bits per heavy atom. The predicted molar refractivity (Wildman–Crippen MR) is 115 cm³/mol. The van der Waals surface area contributed by atoms with Crippen LogP contribution in [0.4, 0.5) is 5.82 Å². The second kappa shape index (κ2) is 10.3. The average Bonchev–Trinajstić information content (AvgIpc) is 3.24. The number of nitrogens with zero attached hydrogens (tertiary/aromatic N) is 4. The summed E-state index contributed by atoms with van der Waals surface area (Å²) in [5, 5.41) is 8.84. The Balaban J connectivity index is 1.42. The zero-order valence-corrected chi connectivity index (χ0v) is 17.1. The molecule has 7 heteroatoms. The van der Waals surface area contributed by atoms with Crippen LogP contribution in [0, 0.1) is 0 Å². The van der Waals surface area contributed by atoms with Gasteiger partial charge in [-0.05, 0) is 36.0 Å². The first kappa shape index (κ1) is 19.6. The van der Waals surface area contributed by atoms with Crippen LogP contribution >= 0.6 is 11.3 Å². The fraction of sp³-hybridized carbons (Fsp3) is 0.500. The minimum Gasteiger partial charge on any atom is -0.356 e. The predicted octanol–water partition coefficient (Wildman–Crippen LogP) is 2.19. The first-order chi connectivity index (χ1) is 13.3. The van der Waals surface area contributed by atoms with E-state index in [-0.39, 0.29) is 0 Å². The van der Waals surface area contributed by atoms with Crippen molar-refractivity contribution in [2.24, 2.45) is 4.99 Å². The molecule has 27 heavy (non-hydrogen) atoms. The number of thiophene rings is 1. The highest BCUT2D eigenvalue weighted by Crippen LogP contribution is 2.14. The van der Waals surface area contributed by atoms with Crippen molar-refractivity contribution in [2.45, 2.75) is 19.9 Å². The SMILES string of the molecule is CCN1CCN(c2ccc(CNC(=NC)NCCc3cccs3)cn2)CC1. The number of anilines is 1.